The van der Waals surface area contributed by atoms with Crippen LogP contribution in [-0.2, 0) is 18.5 Å². The number of benzene rings is 1. The van der Waals surface area contributed by atoms with Crippen LogP contribution in [0.4, 0.5) is 0 Å². The predicted molar refractivity (Wildman–Crippen MR) is 155 cm³/mol. The van der Waals surface area contributed by atoms with Gasteiger partial charge in [0.05, 0.1) is 6.61 Å². The number of carbonyl (C=O) groups excluding carboxylic acids is 1. The molecule has 0 saturated carbocycles. The molecule has 0 bridgehead atoms. The summed E-state index contributed by atoms with van der Waals surface area (Å²) in [4.78, 5) is 12.9. The third-order valence-corrected chi connectivity index (χ3v) is 7.08. The van der Waals surface area contributed by atoms with E-state index in [9.17, 15) is 4.79 Å². The molecule has 0 aliphatic rings. The molecule has 0 unspecified atom stereocenters. The second-order valence-corrected chi connectivity index (χ2v) is 11.4. The average molecular weight is 637 g/mol. The van der Waals surface area contributed by atoms with Gasteiger partial charge in [-0.1, -0.05) is 98.3 Å². The molecule has 1 aromatic heterocycles. The summed E-state index contributed by atoms with van der Waals surface area (Å²) in [6, 6.07) is 9.97. The topological polar surface area (TPSA) is 42.2 Å². The molecule has 0 radical (unpaired) electrons. The molecule has 0 aliphatic heterocycles. The van der Waals surface area contributed by atoms with Gasteiger partial charge in [0.15, 0.2) is 12.4 Å². The second-order valence-electron chi connectivity index (χ2n) is 11.4. The number of unbranched alkanes of at least 4 members (excludes halogenated alkanes) is 11. The van der Waals surface area contributed by atoms with E-state index in [-0.39, 0.29) is 35.3 Å². The molecule has 0 saturated heterocycles. The molecule has 0 spiro atoms. The quantitative estimate of drug-likeness (QED) is 0.137. The summed E-state index contributed by atoms with van der Waals surface area (Å²) >= 11 is 0. The predicted octanol–water partition coefficient (Wildman–Crippen LogP) is 5.31. The van der Waals surface area contributed by atoms with Crippen molar-refractivity contribution in [1.29, 1.82) is 0 Å². The third-order valence-electron chi connectivity index (χ3n) is 7.08. The van der Waals surface area contributed by atoms with Gasteiger partial charge in [-0.25, -0.2) is 4.57 Å². The van der Waals surface area contributed by atoms with Gasteiger partial charge in [0, 0.05) is 29.8 Å². The van der Waals surface area contributed by atoms with Crippen molar-refractivity contribution < 1.29 is 38.1 Å². The standard InChI is InChI=1S/C33H52N2O2.HI/c1-6-8-9-10-11-12-13-14-15-16-17-18-25-37-31-20-19-29(26-30(31)33(3,4)5)32(36)34-27-28-21-23-35(7-2)24-22-28;/h19-24,26H,6-18,25,27H2,1-5H3;1H. The van der Waals surface area contributed by atoms with Crippen LogP contribution >= 0.6 is 0 Å². The van der Waals surface area contributed by atoms with Crippen molar-refractivity contribution in [1.82, 2.24) is 5.32 Å². The number of aromatic nitrogens is 1. The SMILES string of the molecule is CCCCCCCCCCCCCCOc1ccc(C(=O)NCc2cc[n+](CC)cc2)cc1C(C)(C)C.[I-]. The Morgan fingerprint density at radius 1 is 0.816 bits per heavy atom. The Hall–Kier alpha value is -1.63. The second kappa shape index (κ2) is 19.4. The summed E-state index contributed by atoms with van der Waals surface area (Å²) in [5.74, 6) is 0.851. The Morgan fingerprint density at radius 3 is 1.89 bits per heavy atom. The van der Waals surface area contributed by atoms with Gasteiger partial charge in [-0.2, -0.15) is 0 Å². The van der Waals surface area contributed by atoms with Crippen LogP contribution < -0.4 is 38.6 Å². The number of rotatable bonds is 18. The molecular weight excluding hydrogens is 583 g/mol. The fraction of sp³-hybridized carbons (Fsp3) is 0.636. The highest BCUT2D eigenvalue weighted by molar-refractivity contribution is 5.94. The first-order valence-electron chi connectivity index (χ1n) is 14.9. The number of carbonyl (C=O) groups is 1. The molecule has 2 rings (SSSR count). The van der Waals surface area contributed by atoms with Crippen molar-refractivity contribution >= 4 is 5.91 Å². The molecule has 4 nitrogen and oxygen atoms in total. The van der Waals surface area contributed by atoms with E-state index in [1.165, 1.54) is 70.6 Å². The molecule has 214 valence electrons. The fourth-order valence-corrected chi connectivity index (χ4v) is 4.61. The lowest BCUT2D eigenvalue weighted by atomic mass is 9.85. The first-order chi connectivity index (χ1) is 17.8. The van der Waals surface area contributed by atoms with E-state index < -0.39 is 0 Å². The summed E-state index contributed by atoms with van der Waals surface area (Å²) in [6.45, 7) is 13.1. The van der Waals surface area contributed by atoms with Crippen LogP contribution in [0.25, 0.3) is 0 Å². The zero-order chi connectivity index (χ0) is 26.9. The Labute approximate surface area is 250 Å². The van der Waals surface area contributed by atoms with Gasteiger partial charge < -0.3 is 34.0 Å². The van der Waals surface area contributed by atoms with Crippen molar-refractivity contribution in [2.75, 3.05) is 6.61 Å². The zero-order valence-corrected chi connectivity index (χ0v) is 26.9. The minimum atomic E-state index is -0.102. The van der Waals surface area contributed by atoms with Gasteiger partial charge in [-0.05, 0) is 42.5 Å². The number of pyridine rings is 1. The lowest BCUT2D eigenvalue weighted by Gasteiger charge is -2.23. The van der Waals surface area contributed by atoms with Gasteiger partial charge in [0.1, 0.15) is 12.3 Å². The molecule has 0 aliphatic carbocycles. The van der Waals surface area contributed by atoms with Crippen molar-refractivity contribution in [2.45, 2.75) is 130 Å². The van der Waals surface area contributed by atoms with Crippen molar-refractivity contribution in [2.24, 2.45) is 0 Å². The number of amides is 1. The maximum Gasteiger partial charge on any atom is 0.251 e. The van der Waals surface area contributed by atoms with E-state index in [1.54, 1.807) is 0 Å². The number of ether oxygens (including phenoxy) is 1. The van der Waals surface area contributed by atoms with Crippen molar-refractivity contribution in [3.63, 3.8) is 0 Å². The highest BCUT2D eigenvalue weighted by Crippen LogP contribution is 2.32. The normalized spacial score (nSPS) is 11.2. The maximum absolute atomic E-state index is 12.9. The summed E-state index contributed by atoms with van der Waals surface area (Å²) in [5, 5.41) is 3.06. The number of hydrogen-bond donors (Lipinski definition) is 1. The Balaban J connectivity index is 0.00000722. The highest BCUT2D eigenvalue weighted by Gasteiger charge is 2.21. The summed E-state index contributed by atoms with van der Waals surface area (Å²) in [7, 11) is 0. The largest absolute Gasteiger partial charge is 1.00 e. The number of hydrogen-bond acceptors (Lipinski definition) is 2. The van der Waals surface area contributed by atoms with E-state index in [2.05, 4.69) is 56.6 Å². The molecule has 5 heteroatoms. The van der Waals surface area contributed by atoms with Crippen LogP contribution in [-0.4, -0.2) is 12.5 Å². The van der Waals surface area contributed by atoms with Gasteiger partial charge in [-0.3, -0.25) is 4.79 Å². The summed E-state index contributed by atoms with van der Waals surface area (Å²) in [6.07, 6.45) is 20.2. The fourth-order valence-electron chi connectivity index (χ4n) is 4.61. The number of halogens is 1. The maximum atomic E-state index is 12.9. The van der Waals surface area contributed by atoms with E-state index in [4.69, 9.17) is 4.74 Å². The molecule has 1 amide bonds. The van der Waals surface area contributed by atoms with Crippen LogP contribution in [0.3, 0.4) is 0 Å². The number of aryl methyl sites for hydroxylation is 1. The Kier molecular flexibility index (Phi) is 17.6. The van der Waals surface area contributed by atoms with Gasteiger partial charge in [0.2, 0.25) is 0 Å². The van der Waals surface area contributed by atoms with Crippen LogP contribution in [0.15, 0.2) is 42.7 Å². The monoisotopic (exact) mass is 636 g/mol. The van der Waals surface area contributed by atoms with Gasteiger partial charge in [0.25, 0.3) is 5.91 Å². The molecule has 0 fully saturated rings. The molecule has 0 atom stereocenters. The zero-order valence-electron chi connectivity index (χ0n) is 24.8. The number of nitrogens with one attached hydrogen (secondary N) is 1. The minimum Gasteiger partial charge on any atom is -1.00 e. The van der Waals surface area contributed by atoms with Gasteiger partial charge in [-0.15, -0.1) is 0 Å². The summed E-state index contributed by atoms with van der Waals surface area (Å²) in [5.41, 5.74) is 2.76. The molecule has 1 heterocycles. The Bertz CT molecular complexity index is 906. The van der Waals surface area contributed by atoms with Crippen molar-refractivity contribution in [3.05, 3.63) is 59.4 Å². The average Bonchev–Trinajstić information content (AvgIpc) is 2.89. The van der Waals surface area contributed by atoms with Crippen LogP contribution in [0, 0.1) is 0 Å². The first-order valence-corrected chi connectivity index (χ1v) is 14.9. The molecule has 1 N–H and O–H groups in total. The van der Waals surface area contributed by atoms with Crippen LogP contribution in [0.1, 0.15) is 133 Å². The van der Waals surface area contributed by atoms with Crippen LogP contribution in [0.2, 0.25) is 0 Å². The summed E-state index contributed by atoms with van der Waals surface area (Å²) < 4.78 is 8.32. The van der Waals surface area contributed by atoms with Gasteiger partial charge >= 0.3 is 0 Å². The van der Waals surface area contributed by atoms with E-state index >= 15 is 0 Å². The molecule has 1 aromatic carbocycles. The van der Waals surface area contributed by atoms with E-state index in [1.807, 2.05) is 30.6 Å². The number of nitrogens with zero attached hydrogens (tertiary/aromatic N) is 1. The van der Waals surface area contributed by atoms with E-state index in [0.717, 1.165) is 36.4 Å². The minimum absolute atomic E-state index is 0. The lowest BCUT2D eigenvalue weighted by molar-refractivity contribution is -0.693. The van der Waals surface area contributed by atoms with E-state index in [0.29, 0.717) is 12.1 Å². The van der Waals surface area contributed by atoms with Crippen molar-refractivity contribution in [3.8, 4) is 5.75 Å². The smallest absolute Gasteiger partial charge is 0.251 e. The third kappa shape index (κ3) is 13.4. The molecule has 38 heavy (non-hydrogen) atoms. The first kappa shape index (κ1) is 34.4. The lowest BCUT2D eigenvalue weighted by Crippen LogP contribution is -3.00. The van der Waals surface area contributed by atoms with Crippen LogP contribution in [0.5, 0.6) is 5.75 Å². The molecule has 2 aromatic rings. The Morgan fingerprint density at radius 2 is 1.37 bits per heavy atom. The molecular formula is C33H53IN2O2. The highest BCUT2D eigenvalue weighted by atomic mass is 127.